The Bertz CT molecular complexity index is 778. The molecule has 1 unspecified atom stereocenters. The minimum Gasteiger partial charge on any atom is -0.497 e. The highest BCUT2D eigenvalue weighted by Crippen LogP contribution is 2.49. The number of rotatable bonds is 3. The molecule has 0 aliphatic heterocycles. The van der Waals surface area contributed by atoms with Crippen molar-refractivity contribution in [1.82, 2.24) is 0 Å². The second kappa shape index (κ2) is 5.92. The highest BCUT2D eigenvalue weighted by atomic mass is 16.5. The first-order chi connectivity index (χ1) is 11.4. The molecule has 0 radical (unpaired) electrons. The van der Waals surface area contributed by atoms with Crippen molar-refractivity contribution in [3.05, 3.63) is 90.0 Å². The van der Waals surface area contributed by atoms with Crippen LogP contribution in [0, 0.1) is 11.8 Å². The van der Waals surface area contributed by atoms with Crippen LogP contribution in [0.15, 0.2) is 78.9 Å². The molecule has 23 heavy (non-hydrogen) atoms. The van der Waals surface area contributed by atoms with Crippen molar-refractivity contribution in [1.29, 1.82) is 0 Å². The maximum Gasteiger partial charge on any atom is 0.118 e. The van der Waals surface area contributed by atoms with Gasteiger partial charge in [0, 0.05) is 11.8 Å². The van der Waals surface area contributed by atoms with Crippen LogP contribution in [-0.4, -0.2) is 7.11 Å². The summed E-state index contributed by atoms with van der Waals surface area (Å²) in [5.41, 5.74) is 5.58. The molecule has 2 aliphatic rings. The molecule has 4 rings (SSSR count). The quantitative estimate of drug-likeness (QED) is 0.740. The van der Waals surface area contributed by atoms with Crippen LogP contribution < -0.4 is 4.74 Å². The van der Waals surface area contributed by atoms with Crippen LogP contribution in [0.25, 0.3) is 11.1 Å². The number of hydrogen-bond acceptors (Lipinski definition) is 1. The monoisotopic (exact) mass is 300 g/mol. The van der Waals surface area contributed by atoms with E-state index in [2.05, 4.69) is 78.9 Å². The lowest BCUT2D eigenvalue weighted by atomic mass is 9.89. The third kappa shape index (κ3) is 2.53. The summed E-state index contributed by atoms with van der Waals surface area (Å²) in [6.07, 6.45) is 10.2. The first-order valence-electron chi connectivity index (χ1n) is 8.15. The molecule has 0 heterocycles. The van der Waals surface area contributed by atoms with Crippen molar-refractivity contribution in [2.24, 2.45) is 11.8 Å². The summed E-state index contributed by atoms with van der Waals surface area (Å²) in [6.45, 7) is 0. The number of hydrogen-bond donors (Lipinski definition) is 0. The minimum absolute atomic E-state index is 0.485. The van der Waals surface area contributed by atoms with Crippen molar-refractivity contribution in [3.8, 4) is 5.75 Å². The van der Waals surface area contributed by atoms with E-state index in [1.807, 2.05) is 0 Å². The zero-order valence-electron chi connectivity index (χ0n) is 13.3. The number of benzene rings is 2. The van der Waals surface area contributed by atoms with E-state index in [9.17, 15) is 0 Å². The van der Waals surface area contributed by atoms with E-state index in [1.165, 1.54) is 28.7 Å². The molecular weight excluding hydrogens is 280 g/mol. The van der Waals surface area contributed by atoms with Crippen LogP contribution >= 0.6 is 0 Å². The standard InChI is InChI=1S/C22H20O/c1-23-20-13-11-17(12-14-20)22-19-10-6-5-9-18(15-19)21(22)16-7-3-2-4-8-16/h2-14,18-19H,15H2,1H3/t18-,19?/m1/s1. The third-order valence-electron chi connectivity index (χ3n) is 4.82. The summed E-state index contributed by atoms with van der Waals surface area (Å²) in [5, 5.41) is 0. The van der Waals surface area contributed by atoms with Gasteiger partial charge >= 0.3 is 0 Å². The van der Waals surface area contributed by atoms with Crippen molar-refractivity contribution in [3.63, 3.8) is 0 Å². The van der Waals surface area contributed by atoms with Gasteiger partial charge in [0.05, 0.1) is 7.11 Å². The molecule has 2 aromatic rings. The zero-order valence-corrected chi connectivity index (χ0v) is 13.3. The molecule has 2 aromatic carbocycles. The molecule has 2 aliphatic carbocycles. The lowest BCUT2D eigenvalue weighted by Crippen LogP contribution is -1.96. The maximum absolute atomic E-state index is 5.31. The predicted octanol–water partition coefficient (Wildman–Crippen LogP) is 5.37. The number of ether oxygens (including phenoxy) is 1. The van der Waals surface area contributed by atoms with Crippen LogP contribution in [0.1, 0.15) is 17.5 Å². The summed E-state index contributed by atoms with van der Waals surface area (Å²) in [6, 6.07) is 19.3. The van der Waals surface area contributed by atoms with Crippen LogP contribution in [0.5, 0.6) is 5.75 Å². The third-order valence-corrected chi connectivity index (χ3v) is 4.82. The summed E-state index contributed by atoms with van der Waals surface area (Å²) in [7, 11) is 1.71. The van der Waals surface area contributed by atoms with E-state index in [1.54, 1.807) is 7.11 Å². The molecule has 0 spiro atoms. The average Bonchev–Trinajstić information content (AvgIpc) is 2.79. The molecule has 0 saturated heterocycles. The van der Waals surface area contributed by atoms with E-state index in [0.717, 1.165) is 5.75 Å². The molecular formula is C22H20O. The van der Waals surface area contributed by atoms with Gasteiger partial charge in [-0.3, -0.25) is 0 Å². The van der Waals surface area contributed by atoms with E-state index >= 15 is 0 Å². The highest BCUT2D eigenvalue weighted by molar-refractivity contribution is 5.96. The highest BCUT2D eigenvalue weighted by Gasteiger charge is 2.33. The Hall–Kier alpha value is -2.54. The molecule has 0 aromatic heterocycles. The lowest BCUT2D eigenvalue weighted by molar-refractivity contribution is 0.415. The van der Waals surface area contributed by atoms with Crippen molar-refractivity contribution in [2.45, 2.75) is 6.42 Å². The van der Waals surface area contributed by atoms with Crippen LogP contribution in [-0.2, 0) is 0 Å². The Labute approximate surface area is 137 Å². The van der Waals surface area contributed by atoms with Gasteiger partial charge in [0.15, 0.2) is 0 Å². The van der Waals surface area contributed by atoms with Crippen molar-refractivity contribution in [2.75, 3.05) is 7.11 Å². The first kappa shape index (κ1) is 14.1. The van der Waals surface area contributed by atoms with Gasteiger partial charge in [0.1, 0.15) is 5.75 Å². The number of allylic oxidation sites excluding steroid dienone is 6. The molecule has 0 fully saturated rings. The molecule has 0 N–H and O–H groups in total. The normalized spacial score (nSPS) is 22.3. The second-order valence-electron chi connectivity index (χ2n) is 6.14. The molecule has 0 amide bonds. The Morgan fingerprint density at radius 1 is 0.739 bits per heavy atom. The Balaban J connectivity index is 1.89. The van der Waals surface area contributed by atoms with Crippen LogP contribution in [0.2, 0.25) is 0 Å². The summed E-state index contributed by atoms with van der Waals surface area (Å²) in [5.74, 6) is 1.89. The summed E-state index contributed by atoms with van der Waals surface area (Å²) in [4.78, 5) is 0. The van der Waals surface area contributed by atoms with Gasteiger partial charge < -0.3 is 4.74 Å². The molecule has 1 nitrogen and oxygen atoms in total. The van der Waals surface area contributed by atoms with Gasteiger partial charge in [-0.05, 0) is 40.8 Å². The van der Waals surface area contributed by atoms with E-state index in [4.69, 9.17) is 4.74 Å². The fourth-order valence-corrected chi connectivity index (χ4v) is 3.78. The van der Waals surface area contributed by atoms with E-state index in [0.29, 0.717) is 11.8 Å². The summed E-state index contributed by atoms with van der Waals surface area (Å²) < 4.78 is 5.31. The molecule has 2 atom stereocenters. The molecule has 114 valence electrons. The Morgan fingerprint density at radius 2 is 1.30 bits per heavy atom. The Morgan fingerprint density at radius 3 is 1.87 bits per heavy atom. The molecule has 2 bridgehead atoms. The minimum atomic E-state index is 0.485. The Kier molecular flexibility index (Phi) is 3.63. The van der Waals surface area contributed by atoms with Gasteiger partial charge in [-0.1, -0.05) is 66.8 Å². The average molecular weight is 300 g/mol. The maximum atomic E-state index is 5.31. The fraction of sp³-hybridized carbons (Fsp3) is 0.182. The molecule has 0 saturated carbocycles. The topological polar surface area (TPSA) is 9.23 Å². The largest absolute Gasteiger partial charge is 0.497 e. The lowest BCUT2D eigenvalue weighted by Gasteiger charge is -2.15. The van der Waals surface area contributed by atoms with Gasteiger partial charge in [0.25, 0.3) is 0 Å². The number of fused-ring (bicyclic) bond motifs is 2. The summed E-state index contributed by atoms with van der Waals surface area (Å²) >= 11 is 0. The van der Waals surface area contributed by atoms with Crippen molar-refractivity contribution < 1.29 is 4.74 Å². The SMILES string of the molecule is COc1ccc(C2=C(c3ccccc3)[C@@H]3C=CC=CC2C3)cc1. The molecule has 1 heteroatoms. The van der Waals surface area contributed by atoms with E-state index in [-0.39, 0.29) is 0 Å². The second-order valence-corrected chi connectivity index (χ2v) is 6.14. The predicted molar refractivity (Wildman–Crippen MR) is 96.1 cm³/mol. The first-order valence-corrected chi connectivity index (χ1v) is 8.15. The smallest absolute Gasteiger partial charge is 0.118 e. The van der Waals surface area contributed by atoms with E-state index < -0.39 is 0 Å². The van der Waals surface area contributed by atoms with Gasteiger partial charge in [0.2, 0.25) is 0 Å². The van der Waals surface area contributed by atoms with Crippen LogP contribution in [0.4, 0.5) is 0 Å². The van der Waals surface area contributed by atoms with Gasteiger partial charge in [-0.2, -0.15) is 0 Å². The van der Waals surface area contributed by atoms with Crippen molar-refractivity contribution >= 4 is 11.1 Å². The van der Waals surface area contributed by atoms with Crippen LogP contribution in [0.3, 0.4) is 0 Å². The zero-order chi connectivity index (χ0) is 15.6. The van der Waals surface area contributed by atoms with Gasteiger partial charge in [-0.15, -0.1) is 0 Å². The number of methoxy groups -OCH3 is 1. The fourth-order valence-electron chi connectivity index (χ4n) is 3.78. The van der Waals surface area contributed by atoms with Gasteiger partial charge in [-0.25, -0.2) is 0 Å².